The number of benzene rings is 1. The van der Waals surface area contributed by atoms with Gasteiger partial charge >= 0.3 is 0 Å². The van der Waals surface area contributed by atoms with Crippen LogP contribution in [0, 0.1) is 28.9 Å². The van der Waals surface area contributed by atoms with Crippen molar-refractivity contribution in [2.45, 2.75) is 30.8 Å². The molecule has 2 aromatic rings. The van der Waals surface area contributed by atoms with Crippen LogP contribution in [0.4, 0.5) is 14.6 Å². The van der Waals surface area contributed by atoms with Crippen LogP contribution in [0.15, 0.2) is 36.5 Å². The van der Waals surface area contributed by atoms with E-state index in [0.717, 1.165) is 32.0 Å². The van der Waals surface area contributed by atoms with E-state index in [9.17, 15) is 14.0 Å². The molecule has 0 spiro atoms. The summed E-state index contributed by atoms with van der Waals surface area (Å²) in [6.07, 6.45) is 3.95. The molecule has 0 saturated carbocycles. The quantitative estimate of drug-likeness (QED) is 0.818. The van der Waals surface area contributed by atoms with Crippen LogP contribution in [0.25, 0.3) is 0 Å². The van der Waals surface area contributed by atoms with Crippen LogP contribution in [0.5, 0.6) is 0 Å². The van der Waals surface area contributed by atoms with E-state index in [1.807, 2.05) is 0 Å². The Balaban J connectivity index is 1.61. The topological polar surface area (TPSA) is 43.2 Å². The van der Waals surface area contributed by atoms with Crippen molar-refractivity contribution in [2.75, 3.05) is 24.5 Å². The Bertz CT molecular complexity index is 896. The van der Waals surface area contributed by atoms with Gasteiger partial charge in [-0.05, 0) is 61.7 Å². The zero-order valence-corrected chi connectivity index (χ0v) is 14.9. The summed E-state index contributed by atoms with van der Waals surface area (Å²) in [5.74, 6) is 0.148. The Hall–Kier alpha value is -2.52. The Kier molecular flexibility index (Phi) is 3.87. The Morgan fingerprint density at radius 2 is 1.81 bits per heavy atom. The second-order valence-electron chi connectivity index (χ2n) is 7.80. The highest BCUT2D eigenvalue weighted by atomic mass is 19.1. The molecular formula is C21H20F2N4. The first-order valence-electron chi connectivity index (χ1n) is 9.47. The SMILES string of the molecule is N#Cc1cccnc1N1C[C@H](c2cc(F)cc(F)c2)[C@H]2[C@@H]1C1CCN2CC1. The fourth-order valence-corrected chi connectivity index (χ4v) is 5.46. The molecule has 4 nitrogen and oxygen atoms in total. The Morgan fingerprint density at radius 3 is 2.52 bits per heavy atom. The van der Waals surface area contributed by atoms with Gasteiger partial charge in [-0.15, -0.1) is 0 Å². The van der Waals surface area contributed by atoms with Gasteiger partial charge in [0.25, 0.3) is 0 Å². The maximum Gasteiger partial charge on any atom is 0.146 e. The molecule has 4 fully saturated rings. The van der Waals surface area contributed by atoms with Crippen molar-refractivity contribution in [3.63, 3.8) is 0 Å². The van der Waals surface area contributed by atoms with Crippen molar-refractivity contribution < 1.29 is 8.78 Å². The van der Waals surface area contributed by atoms with E-state index in [4.69, 9.17) is 0 Å². The zero-order chi connectivity index (χ0) is 18.5. The van der Waals surface area contributed by atoms with Crippen molar-refractivity contribution in [1.82, 2.24) is 9.88 Å². The van der Waals surface area contributed by atoms with Crippen LogP contribution in [-0.4, -0.2) is 41.6 Å². The minimum Gasteiger partial charge on any atom is -0.350 e. The molecule has 0 radical (unpaired) electrons. The monoisotopic (exact) mass is 366 g/mol. The van der Waals surface area contributed by atoms with Gasteiger partial charge in [-0.3, -0.25) is 4.90 Å². The van der Waals surface area contributed by atoms with Gasteiger partial charge in [-0.25, -0.2) is 13.8 Å². The number of fused-ring (bicyclic) bond motifs is 2. The van der Waals surface area contributed by atoms with E-state index in [2.05, 4.69) is 20.9 Å². The largest absolute Gasteiger partial charge is 0.350 e. The third-order valence-corrected chi connectivity index (χ3v) is 6.49. The van der Waals surface area contributed by atoms with Crippen molar-refractivity contribution in [1.29, 1.82) is 5.26 Å². The number of rotatable bonds is 2. The molecule has 0 amide bonds. The molecule has 0 aliphatic carbocycles. The lowest BCUT2D eigenvalue weighted by Crippen LogP contribution is -2.60. The molecule has 1 aromatic carbocycles. The minimum absolute atomic E-state index is 0.00292. The Labute approximate surface area is 157 Å². The summed E-state index contributed by atoms with van der Waals surface area (Å²) in [5.41, 5.74) is 1.26. The molecule has 27 heavy (non-hydrogen) atoms. The molecule has 5 heterocycles. The molecule has 6 heteroatoms. The molecule has 0 N–H and O–H groups in total. The van der Waals surface area contributed by atoms with Gasteiger partial charge in [0.1, 0.15) is 23.5 Å². The van der Waals surface area contributed by atoms with Gasteiger partial charge < -0.3 is 4.90 Å². The molecule has 1 aromatic heterocycles. The van der Waals surface area contributed by atoms with Gasteiger partial charge in [-0.1, -0.05) is 0 Å². The van der Waals surface area contributed by atoms with E-state index in [1.54, 1.807) is 18.3 Å². The van der Waals surface area contributed by atoms with Crippen LogP contribution in [0.2, 0.25) is 0 Å². The average Bonchev–Trinajstić information content (AvgIpc) is 3.11. The number of hydrogen-bond acceptors (Lipinski definition) is 4. The number of nitriles is 1. The third-order valence-electron chi connectivity index (χ3n) is 6.49. The lowest BCUT2D eigenvalue weighted by atomic mass is 9.75. The maximum atomic E-state index is 13.9. The number of pyridine rings is 1. The van der Waals surface area contributed by atoms with Crippen LogP contribution >= 0.6 is 0 Å². The van der Waals surface area contributed by atoms with Crippen molar-refractivity contribution in [2.24, 2.45) is 5.92 Å². The first-order valence-corrected chi connectivity index (χ1v) is 9.47. The number of piperidine rings is 3. The fourth-order valence-electron chi connectivity index (χ4n) is 5.46. The van der Waals surface area contributed by atoms with Gasteiger partial charge in [0.2, 0.25) is 0 Å². The first-order chi connectivity index (χ1) is 13.2. The molecule has 138 valence electrons. The van der Waals surface area contributed by atoms with Gasteiger partial charge in [0.05, 0.1) is 5.56 Å². The van der Waals surface area contributed by atoms with E-state index >= 15 is 0 Å². The predicted molar refractivity (Wildman–Crippen MR) is 97.3 cm³/mol. The smallest absolute Gasteiger partial charge is 0.146 e. The number of aromatic nitrogens is 1. The first kappa shape index (κ1) is 16.6. The van der Waals surface area contributed by atoms with E-state index in [-0.39, 0.29) is 18.0 Å². The summed E-state index contributed by atoms with van der Waals surface area (Å²) in [6.45, 7) is 2.68. The predicted octanol–water partition coefficient (Wildman–Crippen LogP) is 3.30. The second-order valence-corrected chi connectivity index (χ2v) is 7.80. The highest BCUT2D eigenvalue weighted by Gasteiger charge is 2.54. The molecular weight excluding hydrogens is 346 g/mol. The molecule has 4 aliphatic rings. The zero-order valence-electron chi connectivity index (χ0n) is 14.9. The van der Waals surface area contributed by atoms with E-state index < -0.39 is 11.6 Å². The van der Waals surface area contributed by atoms with Crippen LogP contribution in [0.1, 0.15) is 29.9 Å². The van der Waals surface area contributed by atoms with Gasteiger partial charge in [-0.2, -0.15) is 5.26 Å². The minimum atomic E-state index is -0.536. The normalized spacial score (nSPS) is 31.6. The highest BCUT2D eigenvalue weighted by Crippen LogP contribution is 2.48. The van der Waals surface area contributed by atoms with Crippen molar-refractivity contribution >= 4 is 5.82 Å². The standard InChI is InChI=1S/C21H20F2N4/c22-16-8-15(9-17(23)10-16)18-12-27(21-14(11-24)2-1-5-25-21)19-13-3-6-26(7-4-13)20(18)19/h1-2,5,8-10,13,18-20H,3-4,6-7,12H2/t18-,19+,20+/m1/s1. The lowest BCUT2D eigenvalue weighted by Gasteiger charge is -2.51. The number of anilines is 1. The van der Waals surface area contributed by atoms with E-state index in [0.29, 0.717) is 29.4 Å². The summed E-state index contributed by atoms with van der Waals surface area (Å²) in [6, 6.07) is 10.1. The molecule has 6 rings (SSSR count). The van der Waals surface area contributed by atoms with Crippen LogP contribution in [-0.2, 0) is 0 Å². The number of halogens is 2. The second kappa shape index (κ2) is 6.28. The van der Waals surface area contributed by atoms with Crippen molar-refractivity contribution in [3.8, 4) is 6.07 Å². The fraction of sp³-hybridized carbons (Fsp3) is 0.429. The van der Waals surface area contributed by atoms with Gasteiger partial charge in [0, 0.05) is 36.8 Å². The molecule has 4 saturated heterocycles. The van der Waals surface area contributed by atoms with E-state index in [1.165, 1.54) is 12.1 Å². The summed E-state index contributed by atoms with van der Waals surface area (Å²) >= 11 is 0. The van der Waals surface area contributed by atoms with Crippen LogP contribution in [0.3, 0.4) is 0 Å². The molecule has 3 atom stereocenters. The average molecular weight is 366 g/mol. The molecule has 0 unspecified atom stereocenters. The van der Waals surface area contributed by atoms with Crippen LogP contribution < -0.4 is 4.90 Å². The highest BCUT2D eigenvalue weighted by molar-refractivity contribution is 5.57. The Morgan fingerprint density at radius 1 is 1.07 bits per heavy atom. The number of nitrogens with zero attached hydrogens (tertiary/aromatic N) is 4. The third kappa shape index (κ3) is 2.61. The lowest BCUT2D eigenvalue weighted by molar-refractivity contribution is 0.0354. The molecule has 4 aliphatic heterocycles. The maximum absolute atomic E-state index is 13.9. The summed E-state index contributed by atoms with van der Waals surface area (Å²) < 4.78 is 27.8. The number of hydrogen-bond donors (Lipinski definition) is 0. The summed E-state index contributed by atoms with van der Waals surface area (Å²) in [4.78, 5) is 9.20. The van der Waals surface area contributed by atoms with Gasteiger partial charge in [0.15, 0.2) is 0 Å². The summed E-state index contributed by atoms with van der Waals surface area (Å²) in [5, 5.41) is 9.54. The summed E-state index contributed by atoms with van der Waals surface area (Å²) in [7, 11) is 0. The van der Waals surface area contributed by atoms with Crippen molar-refractivity contribution in [3.05, 3.63) is 59.3 Å². The molecule has 2 bridgehead atoms.